The first-order valence-electron chi connectivity index (χ1n) is 9.65. The number of amides is 2. The first-order chi connectivity index (χ1) is 12.3. The number of carbonyl (C=O) groups excluding carboxylic acids is 2. The van der Waals surface area contributed by atoms with Crippen LogP contribution in [-0.4, -0.2) is 29.7 Å². The summed E-state index contributed by atoms with van der Waals surface area (Å²) in [7, 11) is 0. The fourth-order valence-electron chi connectivity index (χ4n) is 4.13. The summed E-state index contributed by atoms with van der Waals surface area (Å²) in [5.74, 6) is 0.00744. The molecular formula is C21H30N2O3. The lowest BCUT2D eigenvalue weighted by molar-refractivity contribution is -0.124. The van der Waals surface area contributed by atoms with Gasteiger partial charge in [-0.3, -0.25) is 4.79 Å². The third-order valence-electron chi connectivity index (χ3n) is 5.37. The van der Waals surface area contributed by atoms with Gasteiger partial charge >= 0.3 is 6.09 Å². The van der Waals surface area contributed by atoms with E-state index < -0.39 is 11.7 Å². The molecular weight excluding hydrogens is 328 g/mol. The highest BCUT2D eigenvalue weighted by molar-refractivity contribution is 5.85. The molecule has 0 saturated heterocycles. The summed E-state index contributed by atoms with van der Waals surface area (Å²) >= 11 is 0. The Bertz CT molecular complexity index is 672. The molecule has 1 unspecified atom stereocenters. The first-order valence-corrected chi connectivity index (χ1v) is 9.65. The van der Waals surface area contributed by atoms with Crippen molar-refractivity contribution in [3.63, 3.8) is 0 Å². The minimum absolute atomic E-state index is 0.0785. The summed E-state index contributed by atoms with van der Waals surface area (Å²) in [5, 5.41) is 6.15. The molecule has 0 bridgehead atoms. The molecule has 26 heavy (non-hydrogen) atoms. The van der Waals surface area contributed by atoms with Gasteiger partial charge in [0.05, 0.1) is 11.5 Å². The fourth-order valence-corrected chi connectivity index (χ4v) is 4.13. The Kier molecular flexibility index (Phi) is 5.26. The number of alkyl carbamates (subject to hydrolysis) is 1. The topological polar surface area (TPSA) is 67.4 Å². The second-order valence-electron chi connectivity index (χ2n) is 8.62. The maximum absolute atomic E-state index is 13.0. The Hall–Kier alpha value is -2.04. The van der Waals surface area contributed by atoms with E-state index in [4.69, 9.17) is 4.74 Å². The van der Waals surface area contributed by atoms with E-state index in [9.17, 15) is 9.59 Å². The van der Waals surface area contributed by atoms with Gasteiger partial charge in [-0.1, -0.05) is 37.1 Å². The Morgan fingerprint density at radius 1 is 1.19 bits per heavy atom. The number of ether oxygens (including phenoxy) is 1. The molecule has 0 spiro atoms. The van der Waals surface area contributed by atoms with Crippen molar-refractivity contribution in [3.8, 4) is 0 Å². The van der Waals surface area contributed by atoms with Gasteiger partial charge in [-0.05, 0) is 57.6 Å². The van der Waals surface area contributed by atoms with Gasteiger partial charge in [-0.25, -0.2) is 4.79 Å². The molecule has 3 rings (SSSR count). The number of rotatable bonds is 4. The van der Waals surface area contributed by atoms with Crippen molar-refractivity contribution >= 4 is 12.0 Å². The molecule has 1 fully saturated rings. The van der Waals surface area contributed by atoms with E-state index in [1.807, 2.05) is 32.9 Å². The largest absolute Gasteiger partial charge is 0.444 e. The van der Waals surface area contributed by atoms with Crippen LogP contribution in [0.3, 0.4) is 0 Å². The predicted octanol–water partition coefficient (Wildman–Crippen LogP) is 3.67. The average Bonchev–Trinajstić information content (AvgIpc) is 3.18. The molecule has 2 aliphatic carbocycles. The van der Waals surface area contributed by atoms with Crippen LogP contribution in [0.25, 0.3) is 0 Å². The minimum atomic E-state index is -0.524. The molecule has 1 aromatic carbocycles. The van der Waals surface area contributed by atoms with E-state index in [0.717, 1.165) is 44.1 Å². The number of hydrogen-bond donors (Lipinski definition) is 2. The van der Waals surface area contributed by atoms with Gasteiger partial charge < -0.3 is 15.4 Å². The maximum atomic E-state index is 13.0. The van der Waals surface area contributed by atoms with Crippen LogP contribution in [0, 0.1) is 0 Å². The monoisotopic (exact) mass is 358 g/mol. The van der Waals surface area contributed by atoms with Gasteiger partial charge in [-0.15, -0.1) is 0 Å². The Labute approximate surface area is 155 Å². The summed E-state index contributed by atoms with van der Waals surface area (Å²) in [6.45, 7) is 5.95. The highest BCUT2D eigenvalue weighted by atomic mass is 16.6. The van der Waals surface area contributed by atoms with Crippen LogP contribution in [0.2, 0.25) is 0 Å². The first kappa shape index (κ1) is 18.7. The summed E-state index contributed by atoms with van der Waals surface area (Å²) in [4.78, 5) is 25.0. The van der Waals surface area contributed by atoms with Crippen molar-refractivity contribution in [1.82, 2.24) is 10.6 Å². The molecule has 2 aliphatic rings. The van der Waals surface area contributed by atoms with E-state index in [2.05, 4.69) is 22.8 Å². The zero-order valence-electron chi connectivity index (χ0n) is 16.1. The Morgan fingerprint density at radius 3 is 2.58 bits per heavy atom. The summed E-state index contributed by atoms with van der Waals surface area (Å²) in [5.41, 5.74) is 1.55. The van der Waals surface area contributed by atoms with E-state index in [1.54, 1.807) is 0 Å². The molecule has 0 heterocycles. The van der Waals surface area contributed by atoms with Gasteiger partial charge in [0, 0.05) is 6.54 Å². The van der Waals surface area contributed by atoms with Crippen LogP contribution < -0.4 is 10.6 Å². The van der Waals surface area contributed by atoms with Gasteiger partial charge in [0.2, 0.25) is 5.91 Å². The molecule has 5 nitrogen and oxygen atoms in total. The molecule has 142 valence electrons. The SMILES string of the molecule is CC(C)(C)OC(=O)NCC1(NC(=O)C2CCc3ccccc32)CCCC1. The molecule has 2 N–H and O–H groups in total. The predicted molar refractivity (Wildman–Crippen MR) is 101 cm³/mol. The molecule has 0 aliphatic heterocycles. The zero-order valence-corrected chi connectivity index (χ0v) is 16.1. The summed E-state index contributed by atoms with van der Waals surface area (Å²) < 4.78 is 5.33. The highest BCUT2D eigenvalue weighted by Crippen LogP contribution is 2.35. The van der Waals surface area contributed by atoms with Crippen molar-refractivity contribution in [1.29, 1.82) is 0 Å². The van der Waals surface area contributed by atoms with Crippen molar-refractivity contribution in [3.05, 3.63) is 35.4 Å². The van der Waals surface area contributed by atoms with E-state index >= 15 is 0 Å². The van der Waals surface area contributed by atoms with Crippen molar-refractivity contribution in [2.45, 2.75) is 76.4 Å². The molecule has 1 saturated carbocycles. The normalized spacial score (nSPS) is 21.1. The minimum Gasteiger partial charge on any atom is -0.444 e. The Morgan fingerprint density at radius 2 is 1.88 bits per heavy atom. The van der Waals surface area contributed by atoms with E-state index in [-0.39, 0.29) is 17.4 Å². The quantitative estimate of drug-likeness (QED) is 0.863. The van der Waals surface area contributed by atoms with Gasteiger partial charge in [0.1, 0.15) is 5.60 Å². The lowest BCUT2D eigenvalue weighted by Crippen LogP contribution is -2.55. The van der Waals surface area contributed by atoms with Crippen LogP contribution in [0.4, 0.5) is 4.79 Å². The summed E-state index contributed by atoms with van der Waals surface area (Å²) in [6, 6.07) is 8.20. The zero-order chi connectivity index (χ0) is 18.8. The second kappa shape index (κ2) is 7.29. The van der Waals surface area contributed by atoms with Crippen LogP contribution in [-0.2, 0) is 16.0 Å². The van der Waals surface area contributed by atoms with E-state index in [0.29, 0.717) is 6.54 Å². The number of hydrogen-bond acceptors (Lipinski definition) is 3. The number of aryl methyl sites for hydroxylation is 1. The highest BCUT2D eigenvalue weighted by Gasteiger charge is 2.39. The molecule has 2 amide bonds. The van der Waals surface area contributed by atoms with Crippen LogP contribution in [0.1, 0.15) is 69.9 Å². The molecule has 1 atom stereocenters. The lowest BCUT2D eigenvalue weighted by atomic mass is 9.94. The average molecular weight is 358 g/mol. The number of nitrogens with one attached hydrogen (secondary N) is 2. The number of benzene rings is 1. The standard InChI is InChI=1S/C21H30N2O3/c1-20(2,3)26-19(25)22-14-21(12-6-7-13-21)23-18(24)17-11-10-15-8-4-5-9-16(15)17/h4-5,8-9,17H,6-7,10-14H2,1-3H3,(H,22,25)(H,23,24). The van der Waals surface area contributed by atoms with Crippen LogP contribution in [0.15, 0.2) is 24.3 Å². The fraction of sp³-hybridized carbons (Fsp3) is 0.619. The van der Waals surface area contributed by atoms with Crippen LogP contribution in [0.5, 0.6) is 0 Å². The third-order valence-corrected chi connectivity index (χ3v) is 5.37. The smallest absolute Gasteiger partial charge is 0.407 e. The Balaban J connectivity index is 1.63. The third kappa shape index (κ3) is 4.37. The number of fused-ring (bicyclic) bond motifs is 1. The van der Waals surface area contributed by atoms with Gasteiger partial charge in [0.25, 0.3) is 0 Å². The molecule has 0 aromatic heterocycles. The van der Waals surface area contributed by atoms with Crippen molar-refractivity contribution < 1.29 is 14.3 Å². The summed E-state index contributed by atoms with van der Waals surface area (Å²) in [6.07, 6.45) is 5.31. The van der Waals surface area contributed by atoms with Crippen LogP contribution >= 0.6 is 0 Å². The van der Waals surface area contributed by atoms with E-state index in [1.165, 1.54) is 5.56 Å². The second-order valence-corrected chi connectivity index (χ2v) is 8.62. The molecule has 5 heteroatoms. The lowest BCUT2D eigenvalue weighted by Gasteiger charge is -2.32. The van der Waals surface area contributed by atoms with Crippen molar-refractivity contribution in [2.75, 3.05) is 6.54 Å². The van der Waals surface area contributed by atoms with Gasteiger partial charge in [0.15, 0.2) is 0 Å². The maximum Gasteiger partial charge on any atom is 0.407 e. The number of carbonyl (C=O) groups is 2. The molecule has 0 radical (unpaired) electrons. The molecule has 1 aromatic rings. The van der Waals surface area contributed by atoms with Gasteiger partial charge in [-0.2, -0.15) is 0 Å². The van der Waals surface area contributed by atoms with Crippen molar-refractivity contribution in [2.24, 2.45) is 0 Å².